The number of nitrogens with two attached hydrogens (primary N) is 1. The van der Waals surface area contributed by atoms with Crippen LogP contribution in [-0.2, 0) is 6.42 Å². The van der Waals surface area contributed by atoms with E-state index in [2.05, 4.69) is 9.97 Å². The van der Waals surface area contributed by atoms with E-state index in [9.17, 15) is 9.90 Å². The third-order valence-corrected chi connectivity index (χ3v) is 6.55. The zero-order chi connectivity index (χ0) is 26.8. The van der Waals surface area contributed by atoms with Crippen LogP contribution >= 0.6 is 0 Å². The Morgan fingerprint density at radius 2 is 1.68 bits per heavy atom. The number of methoxy groups -OCH3 is 2. The Morgan fingerprint density at radius 3 is 2.34 bits per heavy atom. The number of H-pyrrole nitrogens is 1. The Morgan fingerprint density at radius 1 is 1.03 bits per heavy atom. The smallest absolute Gasteiger partial charge is 0.253 e. The highest BCUT2D eigenvalue weighted by molar-refractivity contribution is 5.94. The molecule has 3 aromatic carbocycles. The highest BCUT2D eigenvalue weighted by Gasteiger charge is 2.26. The molecule has 0 atom stereocenters. The lowest BCUT2D eigenvalue weighted by Gasteiger charge is -2.19. The van der Waals surface area contributed by atoms with E-state index in [0.717, 1.165) is 11.0 Å². The van der Waals surface area contributed by atoms with E-state index >= 15 is 0 Å². The average Bonchev–Trinajstić information content (AvgIpc) is 3.48. The van der Waals surface area contributed by atoms with Crippen LogP contribution in [0.25, 0.3) is 28.1 Å². The quantitative estimate of drug-likeness (QED) is 0.279. The number of benzene rings is 3. The van der Waals surface area contributed by atoms with Crippen molar-refractivity contribution in [2.24, 2.45) is 0 Å². The van der Waals surface area contributed by atoms with E-state index < -0.39 is 0 Å². The van der Waals surface area contributed by atoms with Gasteiger partial charge in [0.25, 0.3) is 5.91 Å². The lowest BCUT2D eigenvalue weighted by molar-refractivity contribution is 0.0796. The van der Waals surface area contributed by atoms with Crippen LogP contribution < -0.4 is 15.2 Å². The molecule has 0 radical (unpaired) electrons. The first kappa shape index (κ1) is 24.8. The molecule has 0 saturated carbocycles. The minimum atomic E-state index is -0.114. The molecule has 38 heavy (non-hydrogen) atoms. The summed E-state index contributed by atoms with van der Waals surface area (Å²) in [6, 6.07) is 22.1. The molecule has 0 saturated heterocycles. The molecule has 2 aromatic heterocycles. The summed E-state index contributed by atoms with van der Waals surface area (Å²) < 4.78 is 12.7. The van der Waals surface area contributed by atoms with Crippen LogP contribution in [0.15, 0.2) is 72.8 Å². The summed E-state index contributed by atoms with van der Waals surface area (Å²) in [4.78, 5) is 22.5. The van der Waals surface area contributed by atoms with Crippen molar-refractivity contribution in [1.82, 2.24) is 19.4 Å². The van der Waals surface area contributed by atoms with Gasteiger partial charge in [-0.05, 0) is 24.3 Å². The second kappa shape index (κ2) is 10.2. The fourth-order valence-corrected chi connectivity index (χ4v) is 4.56. The number of carbonyl (C=O) groups excluding carboxylic acids is 1. The zero-order valence-corrected chi connectivity index (χ0v) is 21.4. The lowest BCUT2D eigenvalue weighted by atomic mass is 10.2. The first-order valence-corrected chi connectivity index (χ1v) is 12.1. The van der Waals surface area contributed by atoms with Crippen LogP contribution in [0.3, 0.4) is 0 Å². The summed E-state index contributed by atoms with van der Waals surface area (Å²) >= 11 is 0. The summed E-state index contributed by atoms with van der Waals surface area (Å²) in [6.07, 6.45) is 0.324. The number of para-hydroxylation sites is 2. The van der Waals surface area contributed by atoms with Crippen molar-refractivity contribution in [3.8, 4) is 34.3 Å². The van der Waals surface area contributed by atoms with Crippen molar-refractivity contribution in [3.63, 3.8) is 0 Å². The predicted molar refractivity (Wildman–Crippen MR) is 147 cm³/mol. The van der Waals surface area contributed by atoms with Crippen LogP contribution in [0.4, 0.5) is 5.82 Å². The van der Waals surface area contributed by atoms with Crippen LogP contribution in [0.2, 0.25) is 0 Å². The first-order valence-electron chi connectivity index (χ1n) is 12.1. The third kappa shape index (κ3) is 4.50. The van der Waals surface area contributed by atoms with Gasteiger partial charge in [0.15, 0.2) is 0 Å². The predicted octanol–water partition coefficient (Wildman–Crippen LogP) is 4.64. The van der Waals surface area contributed by atoms with Gasteiger partial charge < -0.3 is 30.2 Å². The van der Waals surface area contributed by atoms with E-state index in [-0.39, 0.29) is 11.7 Å². The second-order valence-electron chi connectivity index (χ2n) is 8.91. The van der Waals surface area contributed by atoms with Gasteiger partial charge in [0.1, 0.15) is 34.5 Å². The Bertz CT molecular complexity index is 1550. The summed E-state index contributed by atoms with van der Waals surface area (Å²) in [5.74, 6) is 1.76. The van der Waals surface area contributed by atoms with Crippen LogP contribution in [0.5, 0.6) is 17.2 Å². The van der Waals surface area contributed by atoms with E-state index in [0.29, 0.717) is 58.6 Å². The standard InChI is InChI=1S/C29H29N5O4/c1-33(29(36)18-9-5-4-6-10-18)14-13-24-26(35)25(28-31-22-11-7-8-12-23(22)32-28)27(30)34(24)19-15-20(37-2)17-21(16-19)38-3/h4-12,15-17,35H,13-14,30H2,1-3H3,(H,31,32). The van der Waals surface area contributed by atoms with E-state index in [4.69, 9.17) is 15.2 Å². The molecular weight excluding hydrogens is 482 g/mol. The average molecular weight is 512 g/mol. The van der Waals surface area contributed by atoms with Crippen molar-refractivity contribution >= 4 is 22.8 Å². The summed E-state index contributed by atoms with van der Waals surface area (Å²) in [5.41, 5.74) is 10.4. The molecule has 2 heterocycles. The number of imidazole rings is 1. The summed E-state index contributed by atoms with van der Waals surface area (Å²) in [7, 11) is 4.87. The second-order valence-corrected chi connectivity index (χ2v) is 8.91. The van der Waals surface area contributed by atoms with Crippen LogP contribution in [-0.4, -0.2) is 58.3 Å². The zero-order valence-electron chi connectivity index (χ0n) is 21.4. The minimum Gasteiger partial charge on any atom is -0.505 e. The molecule has 9 heteroatoms. The number of anilines is 1. The van der Waals surface area contributed by atoms with Gasteiger partial charge in [-0.2, -0.15) is 0 Å². The van der Waals surface area contributed by atoms with Crippen LogP contribution in [0, 0.1) is 0 Å². The molecule has 0 aliphatic carbocycles. The highest BCUT2D eigenvalue weighted by Crippen LogP contribution is 2.42. The number of carbonyl (C=O) groups is 1. The number of nitrogens with zero attached hydrogens (tertiary/aromatic N) is 3. The number of hydrogen-bond acceptors (Lipinski definition) is 6. The molecule has 0 unspecified atom stereocenters. The van der Waals surface area contributed by atoms with E-state index in [1.807, 2.05) is 54.6 Å². The van der Waals surface area contributed by atoms with Gasteiger partial charge >= 0.3 is 0 Å². The largest absolute Gasteiger partial charge is 0.505 e. The molecule has 5 aromatic rings. The fraction of sp³-hybridized carbons (Fsp3) is 0.172. The number of nitrogen functional groups attached to an aromatic ring is 1. The molecule has 4 N–H and O–H groups in total. The normalized spacial score (nSPS) is 11.0. The van der Waals surface area contributed by atoms with Crippen molar-refractivity contribution in [2.45, 2.75) is 6.42 Å². The van der Waals surface area contributed by atoms with Crippen molar-refractivity contribution < 1.29 is 19.4 Å². The molecular formula is C29H29N5O4. The van der Waals surface area contributed by atoms with Crippen LogP contribution in [0.1, 0.15) is 16.1 Å². The Balaban J connectivity index is 1.60. The first-order chi connectivity index (χ1) is 18.4. The number of ether oxygens (including phenoxy) is 2. The van der Waals surface area contributed by atoms with Crippen molar-refractivity contribution in [2.75, 3.05) is 33.5 Å². The molecule has 194 valence electrons. The number of hydrogen-bond donors (Lipinski definition) is 3. The Hall–Kier alpha value is -4.92. The van der Waals surface area contributed by atoms with Crippen molar-refractivity contribution in [1.29, 1.82) is 0 Å². The highest BCUT2D eigenvalue weighted by atomic mass is 16.5. The molecule has 1 amide bonds. The molecule has 0 aliphatic heterocycles. The Labute approximate surface area is 220 Å². The SMILES string of the molecule is COc1cc(OC)cc(-n2c(N)c(-c3nc4ccccc4[nH]3)c(O)c2CCN(C)C(=O)c2ccccc2)c1. The third-order valence-electron chi connectivity index (χ3n) is 6.55. The molecule has 0 bridgehead atoms. The van der Waals surface area contributed by atoms with Gasteiger partial charge in [-0.15, -0.1) is 0 Å². The van der Waals surface area contributed by atoms with Gasteiger partial charge in [0, 0.05) is 43.8 Å². The number of aromatic nitrogens is 3. The maximum absolute atomic E-state index is 12.9. The number of likely N-dealkylation sites (N-methyl/N-ethyl adjacent to an activating group) is 1. The summed E-state index contributed by atoms with van der Waals surface area (Å²) in [6.45, 7) is 0.339. The maximum atomic E-state index is 12.9. The van der Waals surface area contributed by atoms with Gasteiger partial charge in [-0.3, -0.25) is 9.36 Å². The molecule has 5 rings (SSSR count). The molecule has 0 spiro atoms. The van der Waals surface area contributed by atoms with Gasteiger partial charge in [-0.25, -0.2) is 4.98 Å². The number of aromatic hydroxyl groups is 1. The fourth-order valence-electron chi connectivity index (χ4n) is 4.56. The van der Waals surface area contributed by atoms with Crippen molar-refractivity contribution in [3.05, 3.63) is 84.1 Å². The van der Waals surface area contributed by atoms with Gasteiger partial charge in [0.2, 0.25) is 0 Å². The lowest BCUT2D eigenvalue weighted by Crippen LogP contribution is -2.29. The monoisotopic (exact) mass is 511 g/mol. The topological polar surface area (TPSA) is 119 Å². The van der Waals surface area contributed by atoms with E-state index in [1.54, 1.807) is 48.9 Å². The number of amides is 1. The maximum Gasteiger partial charge on any atom is 0.253 e. The minimum absolute atomic E-state index is 0.0103. The van der Waals surface area contributed by atoms with Gasteiger partial charge in [-0.1, -0.05) is 30.3 Å². The summed E-state index contributed by atoms with van der Waals surface area (Å²) in [5, 5.41) is 11.5. The number of fused-ring (bicyclic) bond motifs is 1. The number of aromatic amines is 1. The Kier molecular flexibility index (Phi) is 6.66. The number of nitrogens with one attached hydrogen (secondary N) is 1. The van der Waals surface area contributed by atoms with E-state index in [1.165, 1.54) is 0 Å². The molecule has 0 aliphatic rings. The molecule has 0 fully saturated rings. The van der Waals surface area contributed by atoms with Gasteiger partial charge in [0.05, 0.1) is 36.6 Å². The number of rotatable bonds is 8. The molecule has 9 nitrogen and oxygen atoms in total.